The molecule has 0 N–H and O–H groups in total. The SMILES string of the molecule is CCCCCCCCCC(OC)OC/C=C(/C)CCC=C(C)C. The average Bonchev–Trinajstić information content (AvgIpc) is 2.51. The van der Waals surface area contributed by atoms with Crippen molar-refractivity contribution in [1.29, 1.82) is 0 Å². The molecule has 0 aliphatic heterocycles. The summed E-state index contributed by atoms with van der Waals surface area (Å²) in [4.78, 5) is 0. The minimum atomic E-state index is -0.0486. The Morgan fingerprint density at radius 2 is 1.57 bits per heavy atom. The molecule has 0 rings (SSSR count). The van der Waals surface area contributed by atoms with Crippen molar-refractivity contribution in [2.24, 2.45) is 0 Å². The van der Waals surface area contributed by atoms with Crippen molar-refractivity contribution < 1.29 is 9.47 Å². The highest BCUT2D eigenvalue weighted by atomic mass is 16.7. The van der Waals surface area contributed by atoms with Crippen LogP contribution in [0.3, 0.4) is 0 Å². The lowest BCUT2D eigenvalue weighted by molar-refractivity contribution is -0.119. The summed E-state index contributed by atoms with van der Waals surface area (Å²) in [5, 5.41) is 0. The van der Waals surface area contributed by atoms with E-state index in [1.54, 1.807) is 7.11 Å². The van der Waals surface area contributed by atoms with Crippen LogP contribution >= 0.6 is 0 Å². The number of unbranched alkanes of at least 4 members (excludes halogenated alkanes) is 6. The summed E-state index contributed by atoms with van der Waals surface area (Å²) in [5.74, 6) is 0. The van der Waals surface area contributed by atoms with Crippen molar-refractivity contribution in [3.63, 3.8) is 0 Å². The molecule has 2 heteroatoms. The third-order valence-electron chi connectivity index (χ3n) is 4.11. The van der Waals surface area contributed by atoms with E-state index in [1.807, 2.05) is 0 Å². The molecule has 0 saturated carbocycles. The number of allylic oxidation sites excluding steroid dienone is 3. The van der Waals surface area contributed by atoms with Crippen LogP contribution in [0.15, 0.2) is 23.3 Å². The first-order valence-electron chi connectivity index (χ1n) is 9.53. The Kier molecular flexibility index (Phi) is 15.8. The Morgan fingerprint density at radius 3 is 2.17 bits per heavy atom. The number of methoxy groups -OCH3 is 1. The molecule has 2 nitrogen and oxygen atoms in total. The van der Waals surface area contributed by atoms with Crippen LogP contribution in [0.4, 0.5) is 0 Å². The van der Waals surface area contributed by atoms with Crippen LogP contribution < -0.4 is 0 Å². The lowest BCUT2D eigenvalue weighted by Gasteiger charge is -2.15. The molecule has 0 saturated heterocycles. The van der Waals surface area contributed by atoms with Crippen molar-refractivity contribution in [2.45, 2.75) is 98.2 Å². The molecule has 23 heavy (non-hydrogen) atoms. The Hall–Kier alpha value is -0.600. The predicted octanol–water partition coefficient (Wildman–Crippen LogP) is 6.81. The first-order chi connectivity index (χ1) is 11.1. The molecule has 136 valence electrons. The maximum atomic E-state index is 5.82. The molecular formula is C21H40O2. The summed E-state index contributed by atoms with van der Waals surface area (Å²) < 4.78 is 11.2. The minimum absolute atomic E-state index is 0.0486. The summed E-state index contributed by atoms with van der Waals surface area (Å²) >= 11 is 0. The van der Waals surface area contributed by atoms with Gasteiger partial charge in [-0.2, -0.15) is 0 Å². The van der Waals surface area contributed by atoms with E-state index in [9.17, 15) is 0 Å². The van der Waals surface area contributed by atoms with Gasteiger partial charge in [0, 0.05) is 7.11 Å². The number of ether oxygens (including phenoxy) is 2. The number of rotatable bonds is 15. The van der Waals surface area contributed by atoms with Crippen LogP contribution in [0.25, 0.3) is 0 Å². The second-order valence-corrected chi connectivity index (χ2v) is 6.78. The van der Waals surface area contributed by atoms with E-state index in [1.165, 1.54) is 56.1 Å². The first kappa shape index (κ1) is 22.4. The maximum absolute atomic E-state index is 5.82. The van der Waals surface area contributed by atoms with Crippen LogP contribution in [-0.4, -0.2) is 20.0 Å². The largest absolute Gasteiger partial charge is 0.356 e. The first-order valence-corrected chi connectivity index (χ1v) is 9.53. The molecule has 0 aromatic carbocycles. The summed E-state index contributed by atoms with van der Waals surface area (Å²) in [7, 11) is 1.75. The lowest BCUT2D eigenvalue weighted by Crippen LogP contribution is -2.15. The summed E-state index contributed by atoms with van der Waals surface area (Å²) in [6.07, 6.45) is 17.0. The molecule has 0 aromatic heterocycles. The second-order valence-electron chi connectivity index (χ2n) is 6.78. The zero-order chi connectivity index (χ0) is 17.3. The zero-order valence-electron chi connectivity index (χ0n) is 16.3. The summed E-state index contributed by atoms with van der Waals surface area (Å²) in [6, 6.07) is 0. The van der Waals surface area contributed by atoms with Gasteiger partial charge in [-0.3, -0.25) is 0 Å². The molecule has 0 aliphatic rings. The van der Waals surface area contributed by atoms with Gasteiger partial charge in [0.15, 0.2) is 6.29 Å². The fourth-order valence-electron chi connectivity index (χ4n) is 2.53. The highest BCUT2D eigenvalue weighted by molar-refractivity contribution is 5.02. The van der Waals surface area contributed by atoms with Gasteiger partial charge in [-0.25, -0.2) is 0 Å². The molecule has 0 radical (unpaired) electrons. The van der Waals surface area contributed by atoms with Gasteiger partial charge in [-0.15, -0.1) is 0 Å². The monoisotopic (exact) mass is 324 g/mol. The van der Waals surface area contributed by atoms with Crippen molar-refractivity contribution in [3.8, 4) is 0 Å². The molecule has 1 unspecified atom stereocenters. The third-order valence-corrected chi connectivity index (χ3v) is 4.11. The van der Waals surface area contributed by atoms with Crippen LogP contribution in [0.5, 0.6) is 0 Å². The van der Waals surface area contributed by atoms with E-state index in [2.05, 4.69) is 39.8 Å². The molecule has 0 aliphatic carbocycles. The fourth-order valence-corrected chi connectivity index (χ4v) is 2.53. The van der Waals surface area contributed by atoms with Crippen molar-refractivity contribution in [1.82, 2.24) is 0 Å². The Balaban J connectivity index is 3.69. The average molecular weight is 325 g/mol. The Morgan fingerprint density at radius 1 is 0.913 bits per heavy atom. The zero-order valence-corrected chi connectivity index (χ0v) is 16.3. The Labute approximate surface area is 145 Å². The molecule has 1 atom stereocenters. The molecule has 0 amide bonds. The van der Waals surface area contributed by atoms with Crippen molar-refractivity contribution in [3.05, 3.63) is 23.3 Å². The quantitative estimate of drug-likeness (QED) is 0.187. The topological polar surface area (TPSA) is 18.5 Å². The highest BCUT2D eigenvalue weighted by Crippen LogP contribution is 2.12. The van der Waals surface area contributed by atoms with Crippen LogP contribution in [-0.2, 0) is 9.47 Å². The molecule has 0 aromatic rings. The standard InChI is InChI=1S/C21H40O2/c1-6-7-8-9-10-11-12-16-21(22-5)23-18-17-20(4)15-13-14-19(2)3/h14,17,21H,6-13,15-16,18H2,1-5H3/b20-17-. The fraction of sp³-hybridized carbons (Fsp3) is 0.810. The van der Waals surface area contributed by atoms with Crippen LogP contribution in [0, 0.1) is 0 Å². The highest BCUT2D eigenvalue weighted by Gasteiger charge is 2.06. The van der Waals surface area contributed by atoms with Gasteiger partial charge < -0.3 is 9.47 Å². The number of hydrogen-bond donors (Lipinski definition) is 0. The molecule has 0 bridgehead atoms. The van der Waals surface area contributed by atoms with E-state index < -0.39 is 0 Å². The van der Waals surface area contributed by atoms with Gasteiger partial charge in [0.2, 0.25) is 0 Å². The van der Waals surface area contributed by atoms with E-state index >= 15 is 0 Å². The maximum Gasteiger partial charge on any atom is 0.157 e. The van der Waals surface area contributed by atoms with Crippen molar-refractivity contribution in [2.75, 3.05) is 13.7 Å². The minimum Gasteiger partial charge on any atom is -0.356 e. The lowest BCUT2D eigenvalue weighted by atomic mass is 10.1. The van der Waals surface area contributed by atoms with Crippen molar-refractivity contribution >= 4 is 0 Å². The molecule has 0 fully saturated rings. The van der Waals surface area contributed by atoms with E-state index in [0.29, 0.717) is 6.61 Å². The van der Waals surface area contributed by atoms with Gasteiger partial charge in [0.1, 0.15) is 0 Å². The normalized spacial score (nSPS) is 13.2. The van der Waals surface area contributed by atoms with Gasteiger partial charge in [0.25, 0.3) is 0 Å². The predicted molar refractivity (Wildman–Crippen MR) is 102 cm³/mol. The van der Waals surface area contributed by atoms with Gasteiger partial charge >= 0.3 is 0 Å². The molecular weight excluding hydrogens is 284 g/mol. The van der Waals surface area contributed by atoms with E-state index in [4.69, 9.17) is 9.47 Å². The Bertz CT molecular complexity index is 314. The van der Waals surface area contributed by atoms with Gasteiger partial charge in [0.05, 0.1) is 6.61 Å². The summed E-state index contributed by atoms with van der Waals surface area (Å²) in [6.45, 7) is 9.40. The van der Waals surface area contributed by atoms with Gasteiger partial charge in [-0.1, -0.05) is 68.7 Å². The summed E-state index contributed by atoms with van der Waals surface area (Å²) in [5.41, 5.74) is 2.79. The van der Waals surface area contributed by atoms with E-state index in [0.717, 1.165) is 19.3 Å². The molecule has 0 heterocycles. The molecule has 0 spiro atoms. The smallest absolute Gasteiger partial charge is 0.157 e. The van der Waals surface area contributed by atoms with Crippen LogP contribution in [0.1, 0.15) is 91.9 Å². The second kappa shape index (κ2) is 16.3. The number of hydrogen-bond acceptors (Lipinski definition) is 2. The van der Waals surface area contributed by atoms with Gasteiger partial charge in [-0.05, 0) is 46.5 Å². The third kappa shape index (κ3) is 16.1. The van der Waals surface area contributed by atoms with E-state index in [-0.39, 0.29) is 6.29 Å². The van der Waals surface area contributed by atoms with Crippen LogP contribution in [0.2, 0.25) is 0 Å².